The minimum absolute atomic E-state index is 0.0884. The molecule has 0 heterocycles. The quantitative estimate of drug-likeness (QED) is 0.391. The largest absolute Gasteiger partial charge is 0.463 e. The third-order valence-corrected chi connectivity index (χ3v) is 6.22. The van der Waals surface area contributed by atoms with Crippen molar-refractivity contribution in [1.82, 2.24) is 0 Å². The fourth-order valence-electron chi connectivity index (χ4n) is 3.91. The van der Waals surface area contributed by atoms with E-state index in [0.717, 1.165) is 19.3 Å². The predicted molar refractivity (Wildman–Crippen MR) is 100.0 cm³/mol. The predicted octanol–water partition coefficient (Wildman–Crippen LogP) is 4.84. The van der Waals surface area contributed by atoms with E-state index in [0.29, 0.717) is 23.5 Å². The molecule has 0 amide bonds. The smallest absolute Gasteiger partial charge is 0.333 e. The van der Waals surface area contributed by atoms with Crippen molar-refractivity contribution in [3.63, 3.8) is 0 Å². The summed E-state index contributed by atoms with van der Waals surface area (Å²) >= 11 is 0. The highest BCUT2D eigenvalue weighted by Crippen LogP contribution is 2.66. The van der Waals surface area contributed by atoms with E-state index >= 15 is 0 Å². The second kappa shape index (κ2) is 8.68. The maximum atomic E-state index is 11.6. The topological polar surface area (TPSA) is 52.6 Å². The molecule has 0 aromatic carbocycles. The van der Waals surface area contributed by atoms with Gasteiger partial charge >= 0.3 is 11.9 Å². The molecule has 2 fully saturated rings. The Labute approximate surface area is 152 Å². The Morgan fingerprint density at radius 2 is 1.92 bits per heavy atom. The van der Waals surface area contributed by atoms with E-state index in [4.69, 9.17) is 4.74 Å². The number of esters is 2. The van der Waals surface area contributed by atoms with Crippen LogP contribution in [-0.4, -0.2) is 24.6 Å². The highest BCUT2D eigenvalue weighted by Gasteiger charge is 2.62. The second-order valence-corrected chi connectivity index (χ2v) is 8.01. The van der Waals surface area contributed by atoms with Gasteiger partial charge in [0.25, 0.3) is 0 Å². The lowest BCUT2D eigenvalue weighted by molar-refractivity contribution is -0.151. The Kier molecular flexibility index (Phi) is 7.45. The molecular formula is C21H34O4. The Morgan fingerprint density at radius 1 is 1.28 bits per heavy atom. The fourth-order valence-corrected chi connectivity index (χ4v) is 3.91. The first-order valence-corrected chi connectivity index (χ1v) is 9.25. The Balaban J connectivity index is 0.000000299. The molecule has 2 rings (SSSR count). The van der Waals surface area contributed by atoms with Crippen molar-refractivity contribution in [3.05, 3.63) is 24.8 Å². The molecule has 2 bridgehead atoms. The molecular weight excluding hydrogens is 316 g/mol. The maximum absolute atomic E-state index is 11.6. The van der Waals surface area contributed by atoms with Crippen LogP contribution in [0.4, 0.5) is 0 Å². The van der Waals surface area contributed by atoms with Crippen molar-refractivity contribution in [2.45, 2.75) is 72.8 Å². The van der Waals surface area contributed by atoms with E-state index in [9.17, 15) is 9.59 Å². The van der Waals surface area contributed by atoms with Gasteiger partial charge in [0, 0.05) is 17.1 Å². The van der Waals surface area contributed by atoms with Crippen molar-refractivity contribution in [1.29, 1.82) is 0 Å². The summed E-state index contributed by atoms with van der Waals surface area (Å²) in [6.45, 7) is 18.1. The van der Waals surface area contributed by atoms with Gasteiger partial charge in [-0.1, -0.05) is 47.3 Å². The van der Waals surface area contributed by atoms with E-state index in [2.05, 4.69) is 38.7 Å². The first kappa shape index (κ1) is 21.5. The molecule has 25 heavy (non-hydrogen) atoms. The zero-order valence-corrected chi connectivity index (χ0v) is 16.5. The molecule has 0 aliphatic heterocycles. The molecule has 142 valence electrons. The SMILES string of the molecule is C=C(C)C(=O)OC1CC2CCC1(C)C2(C)C.C=CC(=O)OCCCC. The van der Waals surface area contributed by atoms with Crippen molar-refractivity contribution < 1.29 is 19.1 Å². The van der Waals surface area contributed by atoms with Crippen molar-refractivity contribution in [2.75, 3.05) is 6.61 Å². The van der Waals surface area contributed by atoms with Crippen LogP contribution in [0.3, 0.4) is 0 Å². The number of hydrogen-bond acceptors (Lipinski definition) is 4. The van der Waals surface area contributed by atoms with Gasteiger partial charge in [0.15, 0.2) is 0 Å². The molecule has 2 saturated carbocycles. The lowest BCUT2D eigenvalue weighted by atomic mass is 9.70. The summed E-state index contributed by atoms with van der Waals surface area (Å²) in [6.07, 6.45) is 6.73. The summed E-state index contributed by atoms with van der Waals surface area (Å²) in [4.78, 5) is 22.0. The van der Waals surface area contributed by atoms with Crippen LogP contribution in [-0.2, 0) is 19.1 Å². The lowest BCUT2D eigenvalue weighted by Crippen LogP contribution is -2.38. The molecule has 3 atom stereocenters. The molecule has 2 aliphatic carbocycles. The summed E-state index contributed by atoms with van der Waals surface area (Å²) < 4.78 is 10.3. The van der Waals surface area contributed by atoms with E-state index in [1.54, 1.807) is 6.92 Å². The van der Waals surface area contributed by atoms with Gasteiger partial charge in [-0.25, -0.2) is 9.59 Å². The second-order valence-electron chi connectivity index (χ2n) is 8.01. The molecule has 4 nitrogen and oxygen atoms in total. The Hall–Kier alpha value is -1.58. The van der Waals surface area contributed by atoms with Gasteiger partial charge < -0.3 is 9.47 Å². The van der Waals surface area contributed by atoms with Crippen molar-refractivity contribution >= 4 is 11.9 Å². The number of carbonyl (C=O) groups excluding carboxylic acids is 2. The zero-order chi connectivity index (χ0) is 19.3. The van der Waals surface area contributed by atoms with Gasteiger partial charge in [-0.15, -0.1) is 0 Å². The van der Waals surface area contributed by atoms with E-state index in [-0.39, 0.29) is 23.5 Å². The molecule has 0 aromatic rings. The molecule has 2 aliphatic rings. The summed E-state index contributed by atoms with van der Waals surface area (Å²) in [7, 11) is 0. The molecule has 4 heteroatoms. The van der Waals surface area contributed by atoms with Crippen molar-refractivity contribution in [2.24, 2.45) is 16.7 Å². The number of ether oxygens (including phenoxy) is 2. The maximum Gasteiger partial charge on any atom is 0.333 e. The van der Waals surface area contributed by atoms with Crippen LogP contribution < -0.4 is 0 Å². The van der Waals surface area contributed by atoms with Crippen LogP contribution in [0.25, 0.3) is 0 Å². The number of rotatable bonds is 6. The fraction of sp³-hybridized carbons (Fsp3) is 0.714. The molecule has 0 aromatic heterocycles. The number of carbonyl (C=O) groups is 2. The summed E-state index contributed by atoms with van der Waals surface area (Å²) in [6, 6.07) is 0. The monoisotopic (exact) mass is 350 g/mol. The van der Waals surface area contributed by atoms with Crippen LogP contribution in [0, 0.1) is 16.7 Å². The minimum Gasteiger partial charge on any atom is -0.463 e. The molecule has 0 radical (unpaired) electrons. The average molecular weight is 350 g/mol. The van der Waals surface area contributed by atoms with Gasteiger partial charge in [0.2, 0.25) is 0 Å². The Morgan fingerprint density at radius 3 is 2.32 bits per heavy atom. The van der Waals surface area contributed by atoms with Crippen LogP contribution in [0.15, 0.2) is 24.8 Å². The first-order chi connectivity index (χ1) is 11.6. The van der Waals surface area contributed by atoms with Gasteiger partial charge in [-0.2, -0.15) is 0 Å². The van der Waals surface area contributed by atoms with Crippen LogP contribution >= 0.6 is 0 Å². The van der Waals surface area contributed by atoms with Crippen LogP contribution in [0.1, 0.15) is 66.7 Å². The van der Waals surface area contributed by atoms with Gasteiger partial charge in [-0.3, -0.25) is 0 Å². The van der Waals surface area contributed by atoms with Gasteiger partial charge in [-0.05, 0) is 43.9 Å². The summed E-state index contributed by atoms with van der Waals surface area (Å²) in [5, 5.41) is 0. The highest BCUT2D eigenvalue weighted by molar-refractivity contribution is 5.87. The van der Waals surface area contributed by atoms with Crippen molar-refractivity contribution in [3.8, 4) is 0 Å². The normalized spacial score (nSPS) is 28.5. The summed E-state index contributed by atoms with van der Waals surface area (Å²) in [5.41, 5.74) is 0.958. The van der Waals surface area contributed by atoms with Gasteiger partial charge in [0.1, 0.15) is 6.10 Å². The molecule has 0 spiro atoms. The van der Waals surface area contributed by atoms with E-state index in [1.807, 2.05) is 6.92 Å². The third kappa shape index (κ3) is 4.74. The molecule has 0 N–H and O–H groups in total. The zero-order valence-electron chi connectivity index (χ0n) is 16.5. The lowest BCUT2D eigenvalue weighted by Gasteiger charge is -2.38. The number of hydrogen-bond donors (Lipinski definition) is 0. The van der Waals surface area contributed by atoms with Gasteiger partial charge in [0.05, 0.1) is 6.61 Å². The Bertz CT molecular complexity index is 520. The molecule has 3 unspecified atom stereocenters. The van der Waals surface area contributed by atoms with Crippen LogP contribution in [0.5, 0.6) is 0 Å². The highest BCUT2D eigenvalue weighted by atomic mass is 16.5. The molecule has 0 saturated heterocycles. The standard InChI is InChI=1S/C14H22O2.C7H12O2/c1-9(2)12(15)16-11-8-10-6-7-14(11,5)13(10,3)4;1-3-5-6-9-7(8)4-2/h10-11H,1,6-8H2,2-5H3;4H,2-3,5-6H2,1H3. The van der Waals surface area contributed by atoms with Crippen LogP contribution in [0.2, 0.25) is 0 Å². The number of unbranched alkanes of at least 4 members (excludes halogenated alkanes) is 1. The van der Waals surface area contributed by atoms with E-state index in [1.165, 1.54) is 18.9 Å². The number of fused-ring (bicyclic) bond motifs is 2. The summed E-state index contributed by atoms with van der Waals surface area (Å²) in [5.74, 6) is 0.151. The third-order valence-electron chi connectivity index (χ3n) is 6.22. The van der Waals surface area contributed by atoms with E-state index < -0.39 is 0 Å². The minimum atomic E-state index is -0.330. The first-order valence-electron chi connectivity index (χ1n) is 9.25. The average Bonchev–Trinajstić information content (AvgIpc) is 2.88.